The Morgan fingerprint density at radius 1 is 1.43 bits per heavy atom. The van der Waals surface area contributed by atoms with Crippen molar-refractivity contribution in [2.24, 2.45) is 0 Å². The van der Waals surface area contributed by atoms with Gasteiger partial charge in [-0.2, -0.15) is 0 Å². The Hall–Kier alpha value is -1.14. The summed E-state index contributed by atoms with van der Waals surface area (Å²) in [6.07, 6.45) is 1.57. The van der Waals surface area contributed by atoms with E-state index in [-0.39, 0.29) is 12.1 Å². The maximum atomic E-state index is 11.7. The molecule has 1 aromatic rings. The largest absolute Gasteiger partial charge is 0.444 e. The average molecular weight is 311 g/mol. The molecule has 1 heterocycles. The van der Waals surface area contributed by atoms with Gasteiger partial charge in [-0.1, -0.05) is 0 Å². The van der Waals surface area contributed by atoms with E-state index in [1.807, 2.05) is 33.2 Å². The molecule has 0 aromatic carbocycles. The standard InChI is InChI=1S/C15H25N3O2S/c1-9-13(21-8-16-9)10(2)17-11-6-12(7-11)18-14(19)20-15(3,4)5/h8,10-12,17H,6-7H2,1-5H3,(H,18,19). The Morgan fingerprint density at radius 2 is 2.10 bits per heavy atom. The van der Waals surface area contributed by atoms with E-state index in [9.17, 15) is 4.79 Å². The van der Waals surface area contributed by atoms with Gasteiger partial charge >= 0.3 is 6.09 Å². The van der Waals surface area contributed by atoms with Gasteiger partial charge in [-0.25, -0.2) is 9.78 Å². The highest BCUT2D eigenvalue weighted by molar-refractivity contribution is 7.09. The van der Waals surface area contributed by atoms with Crippen LogP contribution in [0.15, 0.2) is 5.51 Å². The fraction of sp³-hybridized carbons (Fsp3) is 0.733. The molecule has 0 radical (unpaired) electrons. The first-order chi connectivity index (χ1) is 9.74. The van der Waals surface area contributed by atoms with Gasteiger partial charge in [-0.3, -0.25) is 0 Å². The summed E-state index contributed by atoms with van der Waals surface area (Å²) >= 11 is 1.69. The zero-order valence-electron chi connectivity index (χ0n) is 13.4. The van der Waals surface area contributed by atoms with Gasteiger partial charge in [0.2, 0.25) is 0 Å². The highest BCUT2D eigenvalue weighted by Crippen LogP contribution is 2.27. The first-order valence-corrected chi connectivity index (χ1v) is 8.28. The van der Waals surface area contributed by atoms with Crippen LogP contribution in [-0.2, 0) is 4.74 Å². The molecule has 1 unspecified atom stereocenters. The Kier molecular flexibility index (Phi) is 4.88. The van der Waals surface area contributed by atoms with Gasteiger partial charge in [-0.15, -0.1) is 11.3 Å². The summed E-state index contributed by atoms with van der Waals surface area (Å²) in [6.45, 7) is 9.82. The number of nitrogens with one attached hydrogen (secondary N) is 2. The zero-order chi connectivity index (χ0) is 15.6. The highest BCUT2D eigenvalue weighted by atomic mass is 32.1. The normalized spacial score (nSPS) is 23.3. The number of nitrogens with zero attached hydrogens (tertiary/aromatic N) is 1. The molecule has 21 heavy (non-hydrogen) atoms. The van der Waals surface area contributed by atoms with E-state index in [4.69, 9.17) is 4.74 Å². The predicted octanol–water partition coefficient (Wildman–Crippen LogP) is 3.16. The van der Waals surface area contributed by atoms with E-state index in [0.717, 1.165) is 18.5 Å². The molecule has 6 heteroatoms. The Labute approximate surface area is 130 Å². The Bertz CT molecular complexity index is 489. The molecule has 0 saturated heterocycles. The van der Waals surface area contributed by atoms with Gasteiger partial charge < -0.3 is 15.4 Å². The molecule has 1 aliphatic rings. The number of thiazole rings is 1. The number of aryl methyl sites for hydroxylation is 1. The van der Waals surface area contributed by atoms with Crippen molar-refractivity contribution in [3.05, 3.63) is 16.1 Å². The molecule has 1 fully saturated rings. The van der Waals surface area contributed by atoms with Crippen LogP contribution in [0.4, 0.5) is 4.79 Å². The van der Waals surface area contributed by atoms with Crippen molar-refractivity contribution in [3.63, 3.8) is 0 Å². The third-order valence-corrected chi connectivity index (χ3v) is 4.63. The number of hydrogen-bond donors (Lipinski definition) is 2. The van der Waals surface area contributed by atoms with E-state index in [1.165, 1.54) is 4.88 Å². The van der Waals surface area contributed by atoms with Gasteiger partial charge in [0.15, 0.2) is 0 Å². The number of rotatable bonds is 4. The molecular weight excluding hydrogens is 286 g/mol. The molecule has 1 aliphatic carbocycles. The second-order valence-corrected chi connectivity index (χ2v) is 7.59. The van der Waals surface area contributed by atoms with Crippen molar-refractivity contribution in [3.8, 4) is 0 Å². The lowest BCUT2D eigenvalue weighted by atomic mass is 9.86. The fourth-order valence-electron chi connectivity index (χ4n) is 2.50. The van der Waals surface area contributed by atoms with Crippen LogP contribution < -0.4 is 10.6 Å². The van der Waals surface area contributed by atoms with Gasteiger partial charge in [0.1, 0.15) is 5.60 Å². The van der Waals surface area contributed by atoms with Crippen LogP contribution in [0.1, 0.15) is 57.1 Å². The second kappa shape index (κ2) is 6.32. The molecule has 0 aliphatic heterocycles. The highest BCUT2D eigenvalue weighted by Gasteiger charge is 2.32. The first-order valence-electron chi connectivity index (χ1n) is 7.40. The molecule has 5 nitrogen and oxygen atoms in total. The minimum absolute atomic E-state index is 0.215. The van der Waals surface area contributed by atoms with Crippen LogP contribution in [0.25, 0.3) is 0 Å². The third-order valence-electron chi connectivity index (χ3n) is 3.52. The summed E-state index contributed by atoms with van der Waals surface area (Å²) in [4.78, 5) is 17.2. The Morgan fingerprint density at radius 3 is 2.62 bits per heavy atom. The minimum atomic E-state index is -0.441. The number of amides is 1. The monoisotopic (exact) mass is 311 g/mol. The molecule has 1 amide bonds. The van der Waals surface area contributed by atoms with Crippen LogP contribution in [-0.4, -0.2) is 28.8 Å². The van der Waals surface area contributed by atoms with Crippen LogP contribution in [0.3, 0.4) is 0 Å². The second-order valence-electron chi connectivity index (χ2n) is 6.70. The van der Waals surface area contributed by atoms with Gasteiger partial charge in [0, 0.05) is 23.0 Å². The lowest BCUT2D eigenvalue weighted by Crippen LogP contribution is -2.53. The lowest BCUT2D eigenvalue weighted by Gasteiger charge is -2.38. The summed E-state index contributed by atoms with van der Waals surface area (Å²) in [5.74, 6) is 0. The van der Waals surface area contributed by atoms with Crippen molar-refractivity contribution >= 4 is 17.4 Å². The molecule has 2 N–H and O–H groups in total. The van der Waals surface area contributed by atoms with E-state index < -0.39 is 5.60 Å². The van der Waals surface area contributed by atoms with Crippen molar-refractivity contribution in [1.82, 2.24) is 15.6 Å². The molecule has 1 saturated carbocycles. The van der Waals surface area contributed by atoms with Crippen molar-refractivity contribution in [2.75, 3.05) is 0 Å². The zero-order valence-corrected chi connectivity index (χ0v) is 14.2. The SMILES string of the molecule is Cc1ncsc1C(C)NC1CC(NC(=O)OC(C)(C)C)C1. The van der Waals surface area contributed by atoms with Crippen LogP contribution >= 0.6 is 11.3 Å². The fourth-order valence-corrected chi connectivity index (χ4v) is 3.32. The van der Waals surface area contributed by atoms with Crippen molar-refractivity contribution in [2.45, 2.75) is 71.2 Å². The van der Waals surface area contributed by atoms with Crippen LogP contribution in [0.2, 0.25) is 0 Å². The summed E-state index contributed by atoms with van der Waals surface area (Å²) < 4.78 is 5.26. The number of alkyl carbamates (subject to hydrolysis) is 1. The van der Waals surface area contributed by atoms with Gasteiger partial charge in [0.25, 0.3) is 0 Å². The number of carbonyl (C=O) groups excluding carboxylic acids is 1. The smallest absolute Gasteiger partial charge is 0.407 e. The number of aromatic nitrogens is 1. The molecule has 1 aromatic heterocycles. The van der Waals surface area contributed by atoms with E-state index in [1.54, 1.807) is 11.3 Å². The van der Waals surface area contributed by atoms with Crippen LogP contribution in [0.5, 0.6) is 0 Å². The molecule has 0 spiro atoms. The quantitative estimate of drug-likeness (QED) is 0.896. The van der Waals surface area contributed by atoms with Crippen molar-refractivity contribution in [1.29, 1.82) is 0 Å². The maximum Gasteiger partial charge on any atom is 0.407 e. The molecule has 1 atom stereocenters. The average Bonchev–Trinajstić information content (AvgIpc) is 2.69. The van der Waals surface area contributed by atoms with Gasteiger partial charge in [0.05, 0.1) is 11.2 Å². The van der Waals surface area contributed by atoms with E-state index in [2.05, 4.69) is 22.5 Å². The van der Waals surface area contributed by atoms with Crippen molar-refractivity contribution < 1.29 is 9.53 Å². The first kappa shape index (κ1) is 16.2. The molecule has 0 bridgehead atoms. The topological polar surface area (TPSA) is 63.2 Å². The molecule has 2 rings (SSSR count). The summed E-state index contributed by atoms with van der Waals surface area (Å²) in [6, 6.07) is 0.971. The van der Waals surface area contributed by atoms with E-state index >= 15 is 0 Å². The molecular formula is C15H25N3O2S. The number of hydrogen-bond acceptors (Lipinski definition) is 5. The number of ether oxygens (including phenoxy) is 1. The van der Waals surface area contributed by atoms with E-state index in [0.29, 0.717) is 12.1 Å². The summed E-state index contributed by atoms with van der Waals surface area (Å²) in [7, 11) is 0. The number of carbonyl (C=O) groups is 1. The maximum absolute atomic E-state index is 11.7. The minimum Gasteiger partial charge on any atom is -0.444 e. The third kappa shape index (κ3) is 4.68. The molecule has 118 valence electrons. The summed E-state index contributed by atoms with van der Waals surface area (Å²) in [5.41, 5.74) is 2.54. The predicted molar refractivity (Wildman–Crippen MR) is 84.6 cm³/mol. The van der Waals surface area contributed by atoms with Gasteiger partial charge in [-0.05, 0) is 47.5 Å². The lowest BCUT2D eigenvalue weighted by molar-refractivity contribution is 0.0463. The summed E-state index contributed by atoms with van der Waals surface area (Å²) in [5, 5.41) is 6.50. The van der Waals surface area contributed by atoms with Crippen LogP contribution in [0, 0.1) is 6.92 Å². The Balaban J connectivity index is 1.70.